The molecule has 108 valence electrons. The monoisotopic (exact) mass is 295 g/mol. The third kappa shape index (κ3) is 4.04. The van der Waals surface area contributed by atoms with Crippen LogP contribution in [0.4, 0.5) is 13.2 Å². The first-order valence-corrected chi connectivity index (χ1v) is 7.03. The third-order valence-corrected chi connectivity index (χ3v) is 4.11. The highest BCUT2D eigenvalue weighted by Crippen LogP contribution is 2.34. The summed E-state index contributed by atoms with van der Waals surface area (Å²) in [6, 6.07) is 0. The first-order valence-electron chi connectivity index (χ1n) is 6.21. The minimum atomic E-state index is -4.47. The molecule has 1 fully saturated rings. The number of ether oxygens (including phenoxy) is 1. The molecule has 1 aliphatic rings. The maximum Gasteiger partial charge on any atom is 0.445 e. The molecule has 1 saturated carbocycles. The number of hydrogen-bond donors (Lipinski definition) is 1. The van der Waals surface area contributed by atoms with E-state index < -0.39 is 16.7 Å². The van der Waals surface area contributed by atoms with Crippen LogP contribution in [-0.2, 0) is 6.18 Å². The molecule has 0 amide bonds. The van der Waals surface area contributed by atoms with Crippen LogP contribution in [0.15, 0.2) is 0 Å². The minimum absolute atomic E-state index is 0.0682. The van der Waals surface area contributed by atoms with Gasteiger partial charge in [0.25, 0.3) is 5.19 Å². The van der Waals surface area contributed by atoms with Crippen LogP contribution in [0.25, 0.3) is 0 Å². The van der Waals surface area contributed by atoms with Crippen LogP contribution in [0.3, 0.4) is 0 Å². The van der Waals surface area contributed by atoms with E-state index in [0.29, 0.717) is 11.3 Å². The highest BCUT2D eigenvalue weighted by atomic mass is 32.1. The Balaban J connectivity index is 1.92. The lowest BCUT2D eigenvalue weighted by atomic mass is 9.93. The fraction of sp³-hybridized carbons (Fsp3) is 0.818. The van der Waals surface area contributed by atoms with E-state index >= 15 is 0 Å². The van der Waals surface area contributed by atoms with Crippen LogP contribution >= 0.6 is 11.3 Å². The number of alkyl halides is 3. The van der Waals surface area contributed by atoms with Gasteiger partial charge in [0.15, 0.2) is 0 Å². The maximum absolute atomic E-state index is 12.4. The van der Waals surface area contributed by atoms with Gasteiger partial charge in [-0.2, -0.15) is 13.2 Å². The molecule has 2 N–H and O–H groups in total. The molecular formula is C11H16F3N3OS. The fourth-order valence-electron chi connectivity index (χ4n) is 2.17. The number of hydrogen-bond acceptors (Lipinski definition) is 5. The lowest BCUT2D eigenvalue weighted by Gasteiger charge is -2.26. The molecule has 1 aromatic rings. The van der Waals surface area contributed by atoms with E-state index in [1.165, 1.54) is 0 Å². The van der Waals surface area contributed by atoms with Gasteiger partial charge in [-0.15, -0.1) is 5.10 Å². The molecule has 0 radical (unpaired) electrons. The zero-order valence-electron chi connectivity index (χ0n) is 10.4. The molecule has 0 unspecified atom stereocenters. The zero-order valence-corrected chi connectivity index (χ0v) is 11.2. The Labute approximate surface area is 113 Å². The van der Waals surface area contributed by atoms with Crippen LogP contribution in [0.1, 0.15) is 43.5 Å². The largest absolute Gasteiger partial charge is 0.467 e. The minimum Gasteiger partial charge on any atom is -0.467 e. The van der Waals surface area contributed by atoms with E-state index in [1.54, 1.807) is 0 Å². The van der Waals surface area contributed by atoms with Gasteiger partial charge >= 0.3 is 6.18 Å². The molecule has 0 spiro atoms. The zero-order chi connectivity index (χ0) is 13.9. The van der Waals surface area contributed by atoms with Gasteiger partial charge in [-0.25, -0.2) is 0 Å². The van der Waals surface area contributed by atoms with E-state index in [2.05, 4.69) is 10.2 Å². The van der Waals surface area contributed by atoms with Gasteiger partial charge in [0, 0.05) is 0 Å². The summed E-state index contributed by atoms with van der Waals surface area (Å²) in [5.41, 5.74) is 5.75. The van der Waals surface area contributed by atoms with E-state index in [4.69, 9.17) is 10.5 Å². The summed E-state index contributed by atoms with van der Waals surface area (Å²) in [4.78, 5) is 0. The highest BCUT2D eigenvalue weighted by Gasteiger charge is 2.36. The summed E-state index contributed by atoms with van der Waals surface area (Å²) < 4.78 is 42.4. The predicted octanol–water partition coefficient (Wildman–Crippen LogP) is 2.99. The molecule has 0 bridgehead atoms. The van der Waals surface area contributed by atoms with Crippen molar-refractivity contribution in [3.63, 3.8) is 0 Å². The first-order chi connectivity index (χ1) is 8.89. The van der Waals surface area contributed by atoms with Gasteiger partial charge in [0.05, 0.1) is 5.54 Å². The molecule has 0 aliphatic heterocycles. The van der Waals surface area contributed by atoms with Crippen molar-refractivity contribution in [2.24, 2.45) is 5.73 Å². The quantitative estimate of drug-likeness (QED) is 0.871. The topological polar surface area (TPSA) is 61.0 Å². The van der Waals surface area contributed by atoms with Gasteiger partial charge in [0.2, 0.25) is 5.01 Å². The SMILES string of the molecule is NC1(COc2nnc(C(F)(F)F)s2)CCCCCC1. The van der Waals surface area contributed by atoms with E-state index in [0.717, 1.165) is 38.5 Å². The van der Waals surface area contributed by atoms with Gasteiger partial charge in [-0.05, 0) is 12.8 Å². The maximum atomic E-state index is 12.4. The third-order valence-electron chi connectivity index (χ3n) is 3.23. The van der Waals surface area contributed by atoms with Gasteiger partial charge in [0.1, 0.15) is 6.61 Å². The Morgan fingerprint density at radius 3 is 2.32 bits per heavy atom. The number of nitrogens with two attached hydrogens (primary N) is 1. The van der Waals surface area contributed by atoms with E-state index in [-0.39, 0.29) is 11.8 Å². The van der Waals surface area contributed by atoms with Crippen molar-refractivity contribution in [1.29, 1.82) is 0 Å². The van der Waals surface area contributed by atoms with Crippen molar-refractivity contribution in [2.75, 3.05) is 6.61 Å². The Hall–Kier alpha value is -0.890. The lowest BCUT2D eigenvalue weighted by molar-refractivity contribution is -0.138. The second-order valence-corrected chi connectivity index (χ2v) is 5.88. The summed E-state index contributed by atoms with van der Waals surface area (Å²) in [7, 11) is 0. The molecule has 2 rings (SSSR count). The summed E-state index contributed by atoms with van der Waals surface area (Å²) in [5.74, 6) is 0. The lowest BCUT2D eigenvalue weighted by Crippen LogP contribution is -2.45. The van der Waals surface area contributed by atoms with Gasteiger partial charge in [-0.3, -0.25) is 0 Å². The number of nitrogens with zero attached hydrogens (tertiary/aromatic N) is 2. The Morgan fingerprint density at radius 2 is 1.79 bits per heavy atom. The van der Waals surface area contributed by atoms with Gasteiger partial charge < -0.3 is 10.5 Å². The van der Waals surface area contributed by atoms with Crippen molar-refractivity contribution in [3.05, 3.63) is 5.01 Å². The summed E-state index contributed by atoms with van der Waals surface area (Å²) >= 11 is 0.407. The normalized spacial score (nSPS) is 20.0. The molecule has 8 heteroatoms. The molecule has 1 aliphatic carbocycles. The molecular weight excluding hydrogens is 279 g/mol. The molecule has 1 heterocycles. The summed E-state index contributed by atoms with van der Waals surface area (Å²) in [5, 5.41) is 5.40. The molecule has 4 nitrogen and oxygen atoms in total. The number of rotatable bonds is 3. The van der Waals surface area contributed by atoms with Crippen LogP contribution in [-0.4, -0.2) is 22.3 Å². The van der Waals surface area contributed by atoms with Crippen LogP contribution in [0.2, 0.25) is 0 Å². The smallest absolute Gasteiger partial charge is 0.445 e. The molecule has 0 aromatic carbocycles. The predicted molar refractivity (Wildman–Crippen MR) is 65.0 cm³/mol. The second-order valence-electron chi connectivity index (χ2n) is 4.94. The first kappa shape index (κ1) is 14.5. The summed E-state index contributed by atoms with van der Waals surface area (Å²) in [6.07, 6.45) is 1.55. The number of aromatic nitrogens is 2. The van der Waals surface area contributed by atoms with Crippen molar-refractivity contribution < 1.29 is 17.9 Å². The standard InChI is InChI=1S/C11H16F3N3OS/c12-11(13,14)8-16-17-9(19-8)18-7-10(15)5-3-1-2-4-6-10/h1-7,15H2. The average Bonchev–Trinajstić information content (AvgIpc) is 2.71. The van der Waals surface area contributed by atoms with Crippen LogP contribution in [0.5, 0.6) is 5.19 Å². The van der Waals surface area contributed by atoms with Crippen molar-refractivity contribution in [3.8, 4) is 5.19 Å². The average molecular weight is 295 g/mol. The van der Waals surface area contributed by atoms with Crippen LogP contribution in [0, 0.1) is 0 Å². The molecule has 0 saturated heterocycles. The van der Waals surface area contributed by atoms with Crippen molar-refractivity contribution >= 4 is 11.3 Å². The number of halogens is 3. The molecule has 1 aromatic heterocycles. The Morgan fingerprint density at radius 1 is 1.16 bits per heavy atom. The fourth-order valence-corrected chi connectivity index (χ4v) is 2.73. The van der Waals surface area contributed by atoms with Crippen LogP contribution < -0.4 is 10.5 Å². The highest BCUT2D eigenvalue weighted by molar-refractivity contribution is 7.13. The second kappa shape index (κ2) is 5.62. The van der Waals surface area contributed by atoms with Crippen molar-refractivity contribution in [1.82, 2.24) is 10.2 Å². The van der Waals surface area contributed by atoms with Gasteiger partial charge in [-0.1, -0.05) is 42.1 Å². The van der Waals surface area contributed by atoms with Crippen molar-refractivity contribution in [2.45, 2.75) is 50.2 Å². The molecule has 0 atom stereocenters. The van der Waals surface area contributed by atoms with E-state index in [9.17, 15) is 13.2 Å². The Kier molecular flexibility index (Phi) is 4.29. The Bertz CT molecular complexity index is 414. The summed E-state index contributed by atoms with van der Waals surface area (Å²) in [6.45, 7) is 0.194. The van der Waals surface area contributed by atoms with E-state index in [1.807, 2.05) is 0 Å². The molecule has 19 heavy (non-hydrogen) atoms.